The monoisotopic (exact) mass is 393 g/mol. The van der Waals surface area contributed by atoms with Crippen molar-refractivity contribution in [2.75, 3.05) is 45.9 Å². The van der Waals surface area contributed by atoms with Crippen molar-refractivity contribution >= 4 is 11.0 Å². The van der Waals surface area contributed by atoms with Gasteiger partial charge in [0, 0.05) is 44.8 Å². The average molecular weight is 394 g/mol. The Morgan fingerprint density at radius 2 is 1.69 bits per heavy atom. The average Bonchev–Trinajstić information content (AvgIpc) is 3.18. The van der Waals surface area contributed by atoms with Gasteiger partial charge in [-0.3, -0.25) is 9.58 Å². The first kappa shape index (κ1) is 19.9. The summed E-state index contributed by atoms with van der Waals surface area (Å²) in [4.78, 5) is 9.79. The van der Waals surface area contributed by atoms with Crippen LogP contribution in [0.25, 0.3) is 22.3 Å². The summed E-state index contributed by atoms with van der Waals surface area (Å²) in [5, 5.41) is 4.43. The quantitative estimate of drug-likeness (QED) is 0.615. The molecular formula is C23H31N5O. The molecule has 0 spiro atoms. The van der Waals surface area contributed by atoms with E-state index >= 15 is 0 Å². The lowest BCUT2D eigenvalue weighted by molar-refractivity contribution is 0.121. The minimum atomic E-state index is 0.727. The zero-order chi connectivity index (χ0) is 20.2. The fraction of sp³-hybridized carbons (Fsp3) is 0.478. The molecular weight excluding hydrogens is 362 g/mol. The van der Waals surface area contributed by atoms with Crippen molar-refractivity contribution < 1.29 is 4.74 Å². The Labute approximate surface area is 173 Å². The summed E-state index contributed by atoms with van der Waals surface area (Å²) in [5.41, 5.74) is 5.35. The third-order valence-electron chi connectivity index (χ3n) is 5.83. The van der Waals surface area contributed by atoms with Crippen LogP contribution in [0, 0.1) is 6.92 Å². The van der Waals surface area contributed by atoms with Crippen LogP contribution in [0.3, 0.4) is 0 Å². The van der Waals surface area contributed by atoms with Crippen LogP contribution in [0.2, 0.25) is 0 Å². The van der Waals surface area contributed by atoms with E-state index in [1.807, 2.05) is 23.0 Å². The number of fused-ring (bicyclic) bond motifs is 1. The lowest BCUT2D eigenvalue weighted by Crippen LogP contribution is -2.47. The number of piperazine rings is 1. The maximum absolute atomic E-state index is 5.98. The summed E-state index contributed by atoms with van der Waals surface area (Å²) < 4.78 is 7.98. The van der Waals surface area contributed by atoms with E-state index in [0.717, 1.165) is 67.4 Å². The van der Waals surface area contributed by atoms with Crippen molar-refractivity contribution in [1.29, 1.82) is 0 Å². The van der Waals surface area contributed by atoms with Crippen molar-refractivity contribution in [3.05, 3.63) is 42.1 Å². The Balaban J connectivity index is 1.36. The summed E-state index contributed by atoms with van der Waals surface area (Å²) in [6.45, 7) is 14.8. The number of aromatic nitrogens is 3. The van der Waals surface area contributed by atoms with E-state index < -0.39 is 0 Å². The molecule has 3 heterocycles. The van der Waals surface area contributed by atoms with E-state index in [1.54, 1.807) is 0 Å². The maximum Gasteiger partial charge on any atom is 0.119 e. The Bertz CT molecular complexity index is 942. The molecule has 0 unspecified atom stereocenters. The molecule has 0 radical (unpaired) electrons. The number of pyridine rings is 1. The first-order valence-electron chi connectivity index (χ1n) is 10.7. The molecule has 1 aliphatic heterocycles. The molecule has 3 aromatic rings. The third-order valence-corrected chi connectivity index (χ3v) is 5.83. The normalized spacial score (nSPS) is 15.8. The largest absolute Gasteiger partial charge is 0.492 e. The van der Waals surface area contributed by atoms with Crippen molar-refractivity contribution in [1.82, 2.24) is 24.6 Å². The molecule has 6 nitrogen and oxygen atoms in total. The van der Waals surface area contributed by atoms with Gasteiger partial charge < -0.3 is 9.64 Å². The highest BCUT2D eigenvalue weighted by atomic mass is 16.5. The van der Waals surface area contributed by atoms with Crippen LogP contribution in [0.15, 0.2) is 36.5 Å². The molecule has 0 aliphatic carbocycles. The van der Waals surface area contributed by atoms with Gasteiger partial charge >= 0.3 is 0 Å². The SMILES string of the molecule is CCN1CCN(CCOc2ccc(-c3cc(C)c4c(cnn4CC)n3)cc2)CC1. The molecule has 1 aliphatic rings. The number of benzene rings is 1. The first-order chi connectivity index (χ1) is 14.2. The Morgan fingerprint density at radius 3 is 2.38 bits per heavy atom. The summed E-state index contributed by atoms with van der Waals surface area (Å²) in [6.07, 6.45) is 1.85. The number of hydrogen-bond acceptors (Lipinski definition) is 5. The van der Waals surface area contributed by atoms with Gasteiger partial charge in [0.05, 0.1) is 17.4 Å². The van der Waals surface area contributed by atoms with Crippen LogP contribution in [-0.2, 0) is 6.54 Å². The molecule has 1 aromatic carbocycles. The molecule has 29 heavy (non-hydrogen) atoms. The summed E-state index contributed by atoms with van der Waals surface area (Å²) in [7, 11) is 0. The maximum atomic E-state index is 5.98. The minimum Gasteiger partial charge on any atom is -0.492 e. The smallest absolute Gasteiger partial charge is 0.119 e. The van der Waals surface area contributed by atoms with Gasteiger partial charge in [-0.1, -0.05) is 6.92 Å². The molecule has 6 heteroatoms. The Kier molecular flexibility index (Phi) is 6.11. The van der Waals surface area contributed by atoms with Gasteiger partial charge in [0.1, 0.15) is 17.9 Å². The second-order valence-corrected chi connectivity index (χ2v) is 7.67. The van der Waals surface area contributed by atoms with E-state index in [0.29, 0.717) is 0 Å². The van der Waals surface area contributed by atoms with E-state index in [-0.39, 0.29) is 0 Å². The minimum absolute atomic E-state index is 0.727. The lowest BCUT2D eigenvalue weighted by atomic mass is 10.1. The number of likely N-dealkylation sites (N-methyl/N-ethyl adjacent to an activating group) is 1. The van der Waals surface area contributed by atoms with Crippen molar-refractivity contribution in [2.24, 2.45) is 0 Å². The third kappa shape index (κ3) is 4.43. The van der Waals surface area contributed by atoms with Gasteiger partial charge in [-0.2, -0.15) is 5.10 Å². The van der Waals surface area contributed by atoms with Crippen LogP contribution >= 0.6 is 0 Å². The van der Waals surface area contributed by atoms with Gasteiger partial charge in [-0.25, -0.2) is 4.98 Å². The first-order valence-corrected chi connectivity index (χ1v) is 10.7. The standard InChI is InChI=1S/C23H31N5O/c1-4-26-10-12-27(13-11-26)14-15-29-20-8-6-19(7-9-20)21-16-18(3)23-22(25-21)17-24-28(23)5-2/h6-9,16-17H,4-5,10-15H2,1-3H3. The van der Waals surface area contributed by atoms with Gasteiger partial charge in [-0.15, -0.1) is 0 Å². The van der Waals surface area contributed by atoms with Crippen molar-refractivity contribution in [3.63, 3.8) is 0 Å². The second-order valence-electron chi connectivity index (χ2n) is 7.67. The molecule has 4 rings (SSSR count). The molecule has 0 saturated carbocycles. The van der Waals surface area contributed by atoms with E-state index in [4.69, 9.17) is 9.72 Å². The topological polar surface area (TPSA) is 46.4 Å². The summed E-state index contributed by atoms with van der Waals surface area (Å²) in [6, 6.07) is 10.4. The Morgan fingerprint density at radius 1 is 0.966 bits per heavy atom. The van der Waals surface area contributed by atoms with Crippen LogP contribution in [0.5, 0.6) is 5.75 Å². The van der Waals surface area contributed by atoms with Crippen LogP contribution < -0.4 is 4.74 Å². The highest BCUT2D eigenvalue weighted by molar-refractivity contribution is 5.81. The van der Waals surface area contributed by atoms with Gasteiger partial charge in [0.15, 0.2) is 0 Å². The summed E-state index contributed by atoms with van der Waals surface area (Å²) >= 11 is 0. The molecule has 0 atom stereocenters. The molecule has 2 aromatic heterocycles. The zero-order valence-corrected chi connectivity index (χ0v) is 17.8. The molecule has 1 saturated heterocycles. The van der Waals surface area contributed by atoms with Crippen molar-refractivity contribution in [2.45, 2.75) is 27.3 Å². The second kappa shape index (κ2) is 8.93. The fourth-order valence-electron chi connectivity index (χ4n) is 4.03. The number of aryl methyl sites for hydroxylation is 2. The number of hydrogen-bond donors (Lipinski definition) is 0. The van der Waals surface area contributed by atoms with Crippen LogP contribution in [0.4, 0.5) is 0 Å². The van der Waals surface area contributed by atoms with Crippen molar-refractivity contribution in [3.8, 4) is 17.0 Å². The number of ether oxygens (including phenoxy) is 1. The predicted molar refractivity (Wildman–Crippen MR) is 117 cm³/mol. The number of rotatable bonds is 7. The predicted octanol–water partition coefficient (Wildman–Crippen LogP) is 3.44. The lowest BCUT2D eigenvalue weighted by Gasteiger charge is -2.33. The zero-order valence-electron chi connectivity index (χ0n) is 17.8. The van der Waals surface area contributed by atoms with E-state index in [2.05, 4.69) is 53.9 Å². The van der Waals surface area contributed by atoms with Gasteiger partial charge in [0.2, 0.25) is 0 Å². The number of nitrogens with zero attached hydrogens (tertiary/aromatic N) is 5. The van der Waals surface area contributed by atoms with Gasteiger partial charge in [0.25, 0.3) is 0 Å². The molecule has 1 fully saturated rings. The molecule has 154 valence electrons. The fourth-order valence-corrected chi connectivity index (χ4v) is 4.03. The van der Waals surface area contributed by atoms with E-state index in [1.165, 1.54) is 18.7 Å². The molecule has 0 bridgehead atoms. The molecule has 0 amide bonds. The highest BCUT2D eigenvalue weighted by Gasteiger charge is 2.15. The molecule has 0 N–H and O–H groups in total. The highest BCUT2D eigenvalue weighted by Crippen LogP contribution is 2.26. The van der Waals surface area contributed by atoms with Crippen LogP contribution in [0.1, 0.15) is 19.4 Å². The summed E-state index contributed by atoms with van der Waals surface area (Å²) in [5.74, 6) is 0.914. The van der Waals surface area contributed by atoms with Crippen LogP contribution in [-0.4, -0.2) is 70.4 Å². The van der Waals surface area contributed by atoms with Gasteiger partial charge in [-0.05, 0) is 56.3 Å². The van der Waals surface area contributed by atoms with E-state index in [9.17, 15) is 0 Å². The Hall–Kier alpha value is -2.44.